The van der Waals surface area contributed by atoms with E-state index in [2.05, 4.69) is 5.32 Å². The van der Waals surface area contributed by atoms with Crippen LogP contribution in [0.25, 0.3) is 0 Å². The van der Waals surface area contributed by atoms with E-state index < -0.39 is 0 Å². The maximum atomic E-state index is 12.7. The Morgan fingerprint density at radius 1 is 1.45 bits per heavy atom. The standard InChI is InChI=1S/C15H21FN2O2S.ClH/c1-18(15(19)10-13-11-21-9-6-17-13)7-8-20-14-4-2-12(16)3-5-14;/h2-5,13,17H,6-11H2,1H3;1H. The fourth-order valence-corrected chi connectivity index (χ4v) is 3.02. The van der Waals surface area contributed by atoms with Crippen molar-refractivity contribution in [1.82, 2.24) is 10.2 Å². The number of ether oxygens (including phenoxy) is 1. The Labute approximate surface area is 141 Å². The lowest BCUT2D eigenvalue weighted by Crippen LogP contribution is -2.42. The average molecular weight is 349 g/mol. The molecule has 1 N–H and O–H groups in total. The quantitative estimate of drug-likeness (QED) is 0.855. The molecule has 22 heavy (non-hydrogen) atoms. The Morgan fingerprint density at radius 2 is 2.18 bits per heavy atom. The highest BCUT2D eigenvalue weighted by atomic mass is 35.5. The average Bonchev–Trinajstić information content (AvgIpc) is 2.50. The first-order valence-corrected chi connectivity index (χ1v) is 8.24. The van der Waals surface area contributed by atoms with Crippen LogP contribution < -0.4 is 10.1 Å². The van der Waals surface area contributed by atoms with Crippen LogP contribution in [0.15, 0.2) is 24.3 Å². The summed E-state index contributed by atoms with van der Waals surface area (Å²) in [6.45, 7) is 1.90. The van der Waals surface area contributed by atoms with Crippen molar-refractivity contribution in [3.05, 3.63) is 30.1 Å². The van der Waals surface area contributed by atoms with Crippen molar-refractivity contribution in [2.45, 2.75) is 12.5 Å². The number of hydrogen-bond acceptors (Lipinski definition) is 4. The van der Waals surface area contributed by atoms with E-state index in [0.717, 1.165) is 18.1 Å². The molecule has 4 nitrogen and oxygen atoms in total. The van der Waals surface area contributed by atoms with Crippen molar-refractivity contribution in [2.24, 2.45) is 0 Å². The van der Waals surface area contributed by atoms with Crippen LogP contribution in [0.1, 0.15) is 6.42 Å². The molecule has 1 unspecified atom stereocenters. The molecule has 1 saturated heterocycles. The molecule has 1 aromatic carbocycles. The topological polar surface area (TPSA) is 41.6 Å². The van der Waals surface area contributed by atoms with Gasteiger partial charge in [0.25, 0.3) is 0 Å². The molecule has 1 aliphatic heterocycles. The fraction of sp³-hybridized carbons (Fsp3) is 0.533. The Morgan fingerprint density at radius 3 is 2.82 bits per heavy atom. The minimum Gasteiger partial charge on any atom is -0.492 e. The Kier molecular flexibility index (Phi) is 8.60. The Hall–Kier alpha value is -0.980. The number of carbonyl (C=O) groups excluding carboxylic acids is 1. The normalized spacial score (nSPS) is 17.5. The summed E-state index contributed by atoms with van der Waals surface area (Å²) >= 11 is 1.88. The number of benzene rings is 1. The van der Waals surface area contributed by atoms with Gasteiger partial charge in [0.2, 0.25) is 5.91 Å². The molecule has 1 aromatic rings. The largest absolute Gasteiger partial charge is 0.492 e. The zero-order valence-corrected chi connectivity index (χ0v) is 14.2. The highest BCUT2D eigenvalue weighted by Crippen LogP contribution is 2.12. The molecule has 0 saturated carbocycles. The van der Waals surface area contributed by atoms with Crippen molar-refractivity contribution >= 4 is 30.1 Å². The molecule has 1 heterocycles. The van der Waals surface area contributed by atoms with E-state index in [0.29, 0.717) is 25.3 Å². The van der Waals surface area contributed by atoms with Crippen molar-refractivity contribution in [2.75, 3.05) is 38.2 Å². The van der Waals surface area contributed by atoms with E-state index in [1.807, 2.05) is 11.8 Å². The van der Waals surface area contributed by atoms with Gasteiger partial charge in [-0.25, -0.2) is 4.39 Å². The van der Waals surface area contributed by atoms with Gasteiger partial charge in [-0.3, -0.25) is 4.79 Å². The summed E-state index contributed by atoms with van der Waals surface area (Å²) in [6, 6.07) is 6.16. The molecule has 7 heteroatoms. The number of amides is 1. The zero-order valence-electron chi connectivity index (χ0n) is 12.6. The number of thioether (sulfide) groups is 1. The second-order valence-electron chi connectivity index (χ2n) is 5.05. The first kappa shape index (κ1) is 19.1. The lowest BCUT2D eigenvalue weighted by atomic mass is 10.2. The summed E-state index contributed by atoms with van der Waals surface area (Å²) < 4.78 is 18.2. The highest BCUT2D eigenvalue weighted by Gasteiger charge is 2.18. The van der Waals surface area contributed by atoms with E-state index in [4.69, 9.17) is 4.74 Å². The summed E-state index contributed by atoms with van der Waals surface area (Å²) in [7, 11) is 1.78. The van der Waals surface area contributed by atoms with Crippen LogP contribution >= 0.6 is 24.2 Å². The first-order chi connectivity index (χ1) is 10.1. The number of likely N-dealkylation sites (N-methyl/N-ethyl adjacent to an activating group) is 1. The maximum absolute atomic E-state index is 12.7. The molecule has 0 aliphatic carbocycles. The predicted octanol–water partition coefficient (Wildman–Crippen LogP) is 2.18. The van der Waals surface area contributed by atoms with E-state index in [1.54, 1.807) is 24.1 Å². The molecule has 1 aliphatic rings. The smallest absolute Gasteiger partial charge is 0.224 e. The molecule has 0 spiro atoms. The molecular weight excluding hydrogens is 327 g/mol. The number of halogens is 2. The van der Waals surface area contributed by atoms with E-state index in [-0.39, 0.29) is 30.2 Å². The van der Waals surface area contributed by atoms with Gasteiger partial charge in [-0.05, 0) is 24.3 Å². The fourth-order valence-electron chi connectivity index (χ4n) is 2.07. The lowest BCUT2D eigenvalue weighted by molar-refractivity contribution is -0.130. The van der Waals surface area contributed by atoms with E-state index >= 15 is 0 Å². The second kappa shape index (κ2) is 9.92. The third kappa shape index (κ3) is 6.42. The van der Waals surface area contributed by atoms with Gasteiger partial charge in [0.15, 0.2) is 0 Å². The summed E-state index contributed by atoms with van der Waals surface area (Å²) in [5.74, 6) is 2.56. The third-order valence-corrected chi connectivity index (χ3v) is 4.49. The van der Waals surface area contributed by atoms with Crippen LogP contribution in [0, 0.1) is 5.82 Å². The Balaban J connectivity index is 0.00000242. The highest BCUT2D eigenvalue weighted by molar-refractivity contribution is 7.99. The van der Waals surface area contributed by atoms with Gasteiger partial charge < -0.3 is 15.0 Å². The van der Waals surface area contributed by atoms with Gasteiger partial charge in [-0.1, -0.05) is 0 Å². The van der Waals surface area contributed by atoms with Crippen LogP contribution in [0.3, 0.4) is 0 Å². The lowest BCUT2D eigenvalue weighted by Gasteiger charge is -2.25. The predicted molar refractivity (Wildman–Crippen MR) is 90.5 cm³/mol. The molecule has 1 amide bonds. The van der Waals surface area contributed by atoms with Crippen LogP contribution in [-0.4, -0.2) is 55.1 Å². The van der Waals surface area contributed by atoms with Gasteiger partial charge >= 0.3 is 0 Å². The van der Waals surface area contributed by atoms with E-state index in [1.165, 1.54) is 12.1 Å². The van der Waals surface area contributed by atoms with Crippen molar-refractivity contribution in [3.8, 4) is 5.75 Å². The van der Waals surface area contributed by atoms with Gasteiger partial charge in [0, 0.05) is 37.6 Å². The third-order valence-electron chi connectivity index (χ3n) is 3.35. The van der Waals surface area contributed by atoms with Crippen molar-refractivity contribution < 1.29 is 13.9 Å². The maximum Gasteiger partial charge on any atom is 0.224 e. The van der Waals surface area contributed by atoms with Crippen molar-refractivity contribution in [3.63, 3.8) is 0 Å². The second-order valence-corrected chi connectivity index (χ2v) is 6.20. The number of hydrogen-bond donors (Lipinski definition) is 1. The van der Waals surface area contributed by atoms with E-state index in [9.17, 15) is 9.18 Å². The molecule has 0 bridgehead atoms. The van der Waals surface area contributed by atoms with Gasteiger partial charge in [0.05, 0.1) is 6.54 Å². The number of nitrogens with one attached hydrogen (secondary N) is 1. The Bertz CT molecular complexity index is 455. The molecule has 0 radical (unpaired) electrons. The molecule has 124 valence electrons. The molecule has 2 rings (SSSR count). The first-order valence-electron chi connectivity index (χ1n) is 7.08. The number of rotatable bonds is 6. The molecule has 1 fully saturated rings. The molecule has 0 aromatic heterocycles. The van der Waals surface area contributed by atoms with Crippen LogP contribution in [-0.2, 0) is 4.79 Å². The van der Waals surface area contributed by atoms with Crippen LogP contribution in [0.2, 0.25) is 0 Å². The summed E-state index contributed by atoms with van der Waals surface area (Å²) in [6.07, 6.45) is 0.528. The monoisotopic (exact) mass is 348 g/mol. The van der Waals surface area contributed by atoms with Gasteiger partial charge in [-0.2, -0.15) is 11.8 Å². The SMILES string of the molecule is CN(CCOc1ccc(F)cc1)C(=O)CC1CSCCN1.Cl. The summed E-state index contributed by atoms with van der Waals surface area (Å²) in [5, 5.41) is 3.36. The molecular formula is C15H22ClFN2O2S. The summed E-state index contributed by atoms with van der Waals surface area (Å²) in [4.78, 5) is 13.8. The van der Waals surface area contributed by atoms with Gasteiger partial charge in [0.1, 0.15) is 18.2 Å². The number of carbonyl (C=O) groups is 1. The van der Waals surface area contributed by atoms with Crippen molar-refractivity contribution in [1.29, 1.82) is 0 Å². The molecule has 1 atom stereocenters. The zero-order chi connectivity index (χ0) is 15.1. The minimum absolute atomic E-state index is 0. The van der Waals surface area contributed by atoms with Gasteiger partial charge in [-0.15, -0.1) is 12.4 Å². The van der Waals surface area contributed by atoms with Crippen LogP contribution in [0.4, 0.5) is 4.39 Å². The van der Waals surface area contributed by atoms with Crippen LogP contribution in [0.5, 0.6) is 5.75 Å². The minimum atomic E-state index is -0.285. The summed E-state index contributed by atoms with van der Waals surface area (Å²) in [5.41, 5.74) is 0. The number of nitrogens with zero attached hydrogens (tertiary/aromatic N) is 1.